The van der Waals surface area contributed by atoms with Crippen LogP contribution in [-0.2, 0) is 14.3 Å². The number of hydrogen-bond donors (Lipinski definition) is 3. The van der Waals surface area contributed by atoms with Crippen molar-refractivity contribution < 1.29 is 19.1 Å². The van der Waals surface area contributed by atoms with Gasteiger partial charge in [-0.1, -0.05) is 49.7 Å². The number of aliphatic imine (C=N–C) groups is 1. The van der Waals surface area contributed by atoms with Crippen LogP contribution in [0, 0.1) is 5.92 Å². The van der Waals surface area contributed by atoms with E-state index in [0.29, 0.717) is 11.4 Å². The van der Waals surface area contributed by atoms with Crippen LogP contribution in [0.2, 0.25) is 0 Å². The molecule has 0 aromatic heterocycles. The Hall–Kier alpha value is -3.33. The highest BCUT2D eigenvalue weighted by Crippen LogP contribution is 2.35. The summed E-state index contributed by atoms with van der Waals surface area (Å²) in [6.07, 6.45) is 3.27. The molecule has 0 aliphatic heterocycles. The van der Waals surface area contributed by atoms with Gasteiger partial charge in [0, 0.05) is 22.1 Å². The van der Waals surface area contributed by atoms with Gasteiger partial charge >= 0.3 is 6.09 Å². The molecule has 0 bridgehead atoms. The molecule has 0 atom stereocenters. The predicted octanol–water partition coefficient (Wildman–Crippen LogP) is 4.84. The van der Waals surface area contributed by atoms with Crippen LogP contribution in [0.25, 0.3) is 0 Å². The van der Waals surface area contributed by atoms with Crippen molar-refractivity contribution in [3.63, 3.8) is 0 Å². The number of methoxy groups -OCH3 is 1. The van der Waals surface area contributed by atoms with Gasteiger partial charge in [0.15, 0.2) is 0 Å². The number of anilines is 1. The number of benzene rings is 2. The molecule has 1 fully saturated rings. The average Bonchev–Trinajstić information content (AvgIpc) is 3.36. The summed E-state index contributed by atoms with van der Waals surface area (Å²) in [7, 11) is 1.22. The second-order valence-corrected chi connectivity index (χ2v) is 8.69. The molecule has 0 unspecified atom stereocenters. The molecular weight excluding hydrogens is 440 g/mol. The normalized spacial score (nSPS) is 13.9. The fraction of sp³-hybridized carbons (Fsp3) is 0.333. The molecule has 0 saturated heterocycles. The van der Waals surface area contributed by atoms with E-state index in [1.165, 1.54) is 18.9 Å². The first kappa shape index (κ1) is 24.3. The summed E-state index contributed by atoms with van der Waals surface area (Å²) in [6, 6.07) is 15.3. The highest BCUT2D eigenvalue weighted by Gasteiger charge is 2.23. The average molecular weight is 469 g/mol. The molecule has 9 heteroatoms. The summed E-state index contributed by atoms with van der Waals surface area (Å²) in [5, 5.41) is 7.96. The molecule has 2 aromatic carbocycles. The highest BCUT2D eigenvalue weighted by molar-refractivity contribution is 7.99. The lowest BCUT2D eigenvalue weighted by molar-refractivity contribution is -0.120. The van der Waals surface area contributed by atoms with Gasteiger partial charge in [0.2, 0.25) is 17.8 Å². The number of nitrogens with zero attached hydrogens (tertiary/aromatic N) is 1. The zero-order chi connectivity index (χ0) is 23.6. The maximum atomic E-state index is 12.8. The van der Waals surface area contributed by atoms with Gasteiger partial charge in [0.05, 0.1) is 18.5 Å². The van der Waals surface area contributed by atoms with Gasteiger partial charge < -0.3 is 10.1 Å². The third kappa shape index (κ3) is 7.35. The Bertz CT molecular complexity index is 1000. The first-order valence-corrected chi connectivity index (χ1v) is 11.7. The summed E-state index contributed by atoms with van der Waals surface area (Å²) < 4.78 is 4.64. The van der Waals surface area contributed by atoms with E-state index in [-0.39, 0.29) is 30.1 Å². The van der Waals surface area contributed by atoms with Crippen molar-refractivity contribution in [3.05, 3.63) is 48.5 Å². The minimum absolute atomic E-state index is 0.0207. The standard InChI is InChI=1S/C24H28N4O4S/c1-3-21(29)27-23(28-24(31)32-2)26-20-15-18(33-17-11-5-4-6-12-17)13-14-19(20)25-22(30)16-9-7-8-10-16/h4-6,11-16H,3,7-10H2,1-2H3,(H,25,30)(H2,26,27,28,29,31). The van der Waals surface area contributed by atoms with Gasteiger partial charge in [0.1, 0.15) is 0 Å². The first-order chi connectivity index (χ1) is 16.0. The smallest absolute Gasteiger partial charge is 0.413 e. The number of carbonyl (C=O) groups is 3. The Morgan fingerprint density at radius 3 is 2.42 bits per heavy atom. The molecule has 0 radical (unpaired) electrons. The molecule has 33 heavy (non-hydrogen) atoms. The van der Waals surface area contributed by atoms with E-state index in [1.54, 1.807) is 19.1 Å². The van der Waals surface area contributed by atoms with Gasteiger partial charge in [-0.2, -0.15) is 0 Å². The van der Waals surface area contributed by atoms with Crippen LogP contribution in [-0.4, -0.2) is 31.0 Å². The highest BCUT2D eigenvalue weighted by atomic mass is 32.2. The number of hydrogen-bond acceptors (Lipinski definition) is 6. The second kappa shape index (κ2) is 12.1. The molecule has 1 aliphatic carbocycles. The summed E-state index contributed by atoms with van der Waals surface area (Å²) in [5.41, 5.74) is 0.907. The lowest BCUT2D eigenvalue weighted by Crippen LogP contribution is -2.43. The maximum absolute atomic E-state index is 12.8. The SMILES string of the molecule is CCC(=O)NC(=Nc1cc(Sc2ccccc2)ccc1NC(=O)C1CCCC1)NC(=O)OC. The monoisotopic (exact) mass is 468 g/mol. The van der Waals surface area contributed by atoms with Crippen molar-refractivity contribution >= 4 is 47.0 Å². The first-order valence-electron chi connectivity index (χ1n) is 10.9. The zero-order valence-electron chi connectivity index (χ0n) is 18.7. The number of ether oxygens (including phenoxy) is 1. The molecule has 3 amide bonds. The maximum Gasteiger partial charge on any atom is 0.413 e. The predicted molar refractivity (Wildman–Crippen MR) is 129 cm³/mol. The van der Waals surface area contributed by atoms with E-state index in [1.807, 2.05) is 36.4 Å². The van der Waals surface area contributed by atoms with Gasteiger partial charge in [-0.05, 0) is 43.2 Å². The summed E-state index contributed by atoms with van der Waals surface area (Å²) in [6.45, 7) is 1.69. The Labute approximate surface area is 197 Å². The van der Waals surface area contributed by atoms with Crippen molar-refractivity contribution in [2.75, 3.05) is 12.4 Å². The Kier molecular flexibility index (Phi) is 8.88. The molecule has 1 aliphatic rings. The number of alkyl carbamates (subject to hydrolysis) is 1. The van der Waals surface area contributed by atoms with Crippen LogP contribution in [0.15, 0.2) is 63.3 Å². The van der Waals surface area contributed by atoms with Crippen LogP contribution < -0.4 is 16.0 Å². The molecule has 0 spiro atoms. The van der Waals surface area contributed by atoms with Crippen molar-refractivity contribution in [1.29, 1.82) is 0 Å². The Balaban J connectivity index is 1.95. The van der Waals surface area contributed by atoms with Gasteiger partial charge in [0.25, 0.3) is 0 Å². The van der Waals surface area contributed by atoms with Crippen LogP contribution in [0.4, 0.5) is 16.2 Å². The lowest BCUT2D eigenvalue weighted by Gasteiger charge is -2.15. The van der Waals surface area contributed by atoms with E-state index in [4.69, 9.17) is 0 Å². The summed E-state index contributed by atoms with van der Waals surface area (Å²) >= 11 is 1.54. The van der Waals surface area contributed by atoms with Crippen molar-refractivity contribution in [1.82, 2.24) is 10.6 Å². The van der Waals surface area contributed by atoms with Gasteiger partial charge in [-0.3, -0.25) is 20.2 Å². The largest absolute Gasteiger partial charge is 0.453 e. The number of rotatable bonds is 6. The third-order valence-electron chi connectivity index (χ3n) is 5.15. The second-order valence-electron chi connectivity index (χ2n) is 7.54. The fourth-order valence-corrected chi connectivity index (χ4v) is 4.27. The zero-order valence-corrected chi connectivity index (χ0v) is 19.5. The van der Waals surface area contributed by atoms with Crippen molar-refractivity contribution in [3.8, 4) is 0 Å². The lowest BCUT2D eigenvalue weighted by atomic mass is 10.1. The van der Waals surface area contributed by atoms with Crippen LogP contribution in [0.3, 0.4) is 0 Å². The number of amides is 3. The molecular formula is C24H28N4O4S. The molecule has 3 rings (SSSR count). The molecule has 2 aromatic rings. The van der Waals surface area contributed by atoms with E-state index >= 15 is 0 Å². The number of carbonyl (C=O) groups excluding carboxylic acids is 3. The Morgan fingerprint density at radius 1 is 1.03 bits per heavy atom. The van der Waals surface area contributed by atoms with E-state index in [2.05, 4.69) is 25.7 Å². The number of guanidine groups is 1. The molecule has 174 valence electrons. The topological polar surface area (TPSA) is 109 Å². The molecule has 8 nitrogen and oxygen atoms in total. The minimum Gasteiger partial charge on any atom is -0.453 e. The summed E-state index contributed by atoms with van der Waals surface area (Å²) in [5.74, 6) is -0.469. The quantitative estimate of drug-likeness (QED) is 0.415. The number of nitrogens with one attached hydrogen (secondary N) is 3. The minimum atomic E-state index is -0.767. The molecule has 1 saturated carbocycles. The van der Waals surface area contributed by atoms with Crippen LogP contribution in [0.5, 0.6) is 0 Å². The summed E-state index contributed by atoms with van der Waals surface area (Å²) in [4.78, 5) is 42.9. The van der Waals surface area contributed by atoms with E-state index < -0.39 is 6.09 Å². The van der Waals surface area contributed by atoms with E-state index in [0.717, 1.165) is 35.5 Å². The van der Waals surface area contributed by atoms with Gasteiger partial charge in [-0.25, -0.2) is 9.79 Å². The van der Waals surface area contributed by atoms with Gasteiger partial charge in [-0.15, -0.1) is 0 Å². The molecule has 0 heterocycles. The van der Waals surface area contributed by atoms with Crippen LogP contribution >= 0.6 is 11.8 Å². The van der Waals surface area contributed by atoms with Crippen LogP contribution in [0.1, 0.15) is 39.0 Å². The molecule has 3 N–H and O–H groups in total. The van der Waals surface area contributed by atoms with E-state index in [9.17, 15) is 14.4 Å². The third-order valence-corrected chi connectivity index (χ3v) is 6.15. The van der Waals surface area contributed by atoms with Crippen molar-refractivity contribution in [2.24, 2.45) is 10.9 Å². The van der Waals surface area contributed by atoms with Crippen molar-refractivity contribution in [2.45, 2.75) is 48.8 Å². The fourth-order valence-electron chi connectivity index (χ4n) is 3.40. The Morgan fingerprint density at radius 2 is 1.76 bits per heavy atom.